The van der Waals surface area contributed by atoms with E-state index in [1.54, 1.807) is 0 Å². The van der Waals surface area contributed by atoms with Crippen LogP contribution in [0.1, 0.15) is 30.0 Å². The van der Waals surface area contributed by atoms with Crippen molar-refractivity contribution in [2.45, 2.75) is 25.3 Å². The van der Waals surface area contributed by atoms with Crippen LogP contribution in [0.3, 0.4) is 0 Å². The molecule has 1 saturated carbocycles. The zero-order valence-electron chi connectivity index (χ0n) is 11.2. The van der Waals surface area contributed by atoms with Crippen molar-refractivity contribution < 1.29 is 4.79 Å². The van der Waals surface area contributed by atoms with Crippen molar-refractivity contribution in [2.75, 3.05) is 0 Å². The Morgan fingerprint density at radius 2 is 2.10 bits per heavy atom. The number of carbonyl (C=O) groups is 1. The molecule has 1 amide bonds. The molecule has 1 aliphatic rings. The Balaban J connectivity index is 1.68. The molecular weight excluding hydrogens is 250 g/mol. The van der Waals surface area contributed by atoms with E-state index in [-0.39, 0.29) is 5.91 Å². The predicted molar refractivity (Wildman–Crippen MR) is 77.6 cm³/mol. The second kappa shape index (κ2) is 5.33. The van der Waals surface area contributed by atoms with E-state index < -0.39 is 0 Å². The lowest BCUT2D eigenvalue weighted by atomic mass is 10.2. The zero-order chi connectivity index (χ0) is 13.9. The van der Waals surface area contributed by atoms with Gasteiger partial charge in [-0.15, -0.1) is 0 Å². The Bertz CT molecular complexity index is 623. The van der Waals surface area contributed by atoms with Gasteiger partial charge in [0.15, 0.2) is 0 Å². The minimum absolute atomic E-state index is 0.157. The van der Waals surface area contributed by atoms with E-state index in [1.807, 2.05) is 35.1 Å². The average Bonchev–Trinajstić information content (AvgIpc) is 3.23. The molecule has 3 rings (SSSR count). The summed E-state index contributed by atoms with van der Waals surface area (Å²) in [6.07, 6.45) is 5.80. The fraction of sp³-hybridized carbons (Fsp3) is 0.250. The highest BCUT2D eigenvalue weighted by molar-refractivity contribution is 5.86. The summed E-state index contributed by atoms with van der Waals surface area (Å²) >= 11 is 0. The third kappa shape index (κ3) is 2.79. The van der Waals surface area contributed by atoms with Crippen LogP contribution in [0, 0.1) is 0 Å². The van der Waals surface area contributed by atoms with Gasteiger partial charge in [0, 0.05) is 18.7 Å². The lowest BCUT2D eigenvalue weighted by Crippen LogP contribution is -2.19. The molecule has 0 saturated heterocycles. The summed E-state index contributed by atoms with van der Waals surface area (Å²) in [5.74, 6) is 0.514. The second-order valence-corrected chi connectivity index (χ2v) is 5.05. The normalized spacial score (nSPS) is 14.0. The summed E-state index contributed by atoms with van der Waals surface area (Å²) in [7, 11) is 0. The van der Waals surface area contributed by atoms with E-state index >= 15 is 0 Å². The Hall–Kier alpha value is -2.36. The van der Waals surface area contributed by atoms with Crippen LogP contribution in [0.15, 0.2) is 49.2 Å². The van der Waals surface area contributed by atoms with Gasteiger partial charge in [-0.05, 0) is 42.7 Å². The first-order valence-electron chi connectivity index (χ1n) is 6.81. The molecule has 1 aromatic carbocycles. The highest BCUT2D eigenvalue weighted by Gasteiger charge is 2.25. The summed E-state index contributed by atoms with van der Waals surface area (Å²) in [5.41, 5.74) is 3.28. The molecule has 20 heavy (non-hydrogen) atoms. The Morgan fingerprint density at radius 3 is 2.75 bits per heavy atom. The molecule has 1 aromatic heterocycles. The van der Waals surface area contributed by atoms with Crippen LogP contribution in [0.4, 0.5) is 0 Å². The zero-order valence-corrected chi connectivity index (χ0v) is 11.2. The van der Waals surface area contributed by atoms with E-state index in [0.717, 1.165) is 11.3 Å². The molecule has 102 valence electrons. The van der Waals surface area contributed by atoms with Crippen LogP contribution in [0.25, 0.3) is 5.69 Å². The number of hydrogen-bond acceptors (Lipinski definition) is 2. The molecule has 1 N–H and O–H groups in total. The van der Waals surface area contributed by atoms with E-state index in [0.29, 0.717) is 12.5 Å². The van der Waals surface area contributed by atoms with E-state index in [4.69, 9.17) is 0 Å². The van der Waals surface area contributed by atoms with Crippen molar-refractivity contribution >= 4 is 5.91 Å². The maximum Gasteiger partial charge on any atom is 0.243 e. The van der Waals surface area contributed by atoms with Crippen molar-refractivity contribution in [3.8, 4) is 5.69 Å². The number of nitrogens with one attached hydrogen (secondary N) is 1. The van der Waals surface area contributed by atoms with Crippen molar-refractivity contribution in [3.05, 3.63) is 60.4 Å². The standard InChI is InChI=1S/C16H17N3O/c1-2-16(20)17-11-12-3-7-14(8-4-12)19-10-9-15(18-19)13-5-6-13/h2-4,7-10,13H,1,5-6,11H2,(H,17,20). The van der Waals surface area contributed by atoms with Crippen molar-refractivity contribution in [1.29, 1.82) is 0 Å². The van der Waals surface area contributed by atoms with Gasteiger partial charge in [-0.2, -0.15) is 5.10 Å². The maximum atomic E-state index is 11.1. The molecule has 1 fully saturated rings. The van der Waals surface area contributed by atoms with Gasteiger partial charge in [0.1, 0.15) is 0 Å². The van der Waals surface area contributed by atoms with Gasteiger partial charge in [-0.25, -0.2) is 4.68 Å². The van der Waals surface area contributed by atoms with Crippen LogP contribution in [0.5, 0.6) is 0 Å². The molecule has 0 spiro atoms. The molecule has 1 heterocycles. The quantitative estimate of drug-likeness (QED) is 0.846. The molecule has 0 atom stereocenters. The number of nitrogens with zero attached hydrogens (tertiary/aromatic N) is 2. The first kappa shape index (κ1) is 12.7. The third-order valence-corrected chi connectivity index (χ3v) is 3.46. The van der Waals surface area contributed by atoms with Crippen LogP contribution >= 0.6 is 0 Å². The Morgan fingerprint density at radius 1 is 1.35 bits per heavy atom. The van der Waals surface area contributed by atoms with Gasteiger partial charge >= 0.3 is 0 Å². The molecule has 4 nitrogen and oxygen atoms in total. The molecule has 2 aromatic rings. The highest BCUT2D eigenvalue weighted by atomic mass is 16.1. The van der Waals surface area contributed by atoms with Crippen molar-refractivity contribution in [1.82, 2.24) is 15.1 Å². The van der Waals surface area contributed by atoms with Gasteiger partial charge < -0.3 is 5.32 Å². The lowest BCUT2D eigenvalue weighted by Gasteiger charge is -2.05. The number of hydrogen-bond donors (Lipinski definition) is 1. The van der Waals surface area contributed by atoms with Gasteiger partial charge in [-0.3, -0.25) is 4.79 Å². The molecular formula is C16H17N3O. The minimum atomic E-state index is -0.157. The fourth-order valence-electron chi connectivity index (χ4n) is 2.11. The van der Waals surface area contributed by atoms with Crippen LogP contribution in [-0.2, 0) is 11.3 Å². The topological polar surface area (TPSA) is 46.9 Å². The summed E-state index contributed by atoms with van der Waals surface area (Å²) in [5, 5.41) is 7.35. The number of amides is 1. The maximum absolute atomic E-state index is 11.1. The number of rotatable bonds is 5. The van der Waals surface area contributed by atoms with Gasteiger partial charge in [-0.1, -0.05) is 18.7 Å². The van der Waals surface area contributed by atoms with Crippen molar-refractivity contribution in [3.63, 3.8) is 0 Å². The monoisotopic (exact) mass is 267 g/mol. The fourth-order valence-corrected chi connectivity index (χ4v) is 2.11. The van der Waals surface area contributed by atoms with Crippen LogP contribution < -0.4 is 5.32 Å². The number of carbonyl (C=O) groups excluding carboxylic acids is 1. The second-order valence-electron chi connectivity index (χ2n) is 5.05. The molecule has 4 heteroatoms. The third-order valence-electron chi connectivity index (χ3n) is 3.46. The van der Waals surface area contributed by atoms with Gasteiger partial charge in [0.25, 0.3) is 0 Å². The first-order chi connectivity index (χ1) is 9.76. The molecule has 0 radical (unpaired) electrons. The Labute approximate surface area is 118 Å². The largest absolute Gasteiger partial charge is 0.348 e. The smallest absolute Gasteiger partial charge is 0.243 e. The number of benzene rings is 1. The molecule has 1 aliphatic carbocycles. The average molecular weight is 267 g/mol. The summed E-state index contributed by atoms with van der Waals surface area (Å²) in [4.78, 5) is 11.1. The van der Waals surface area contributed by atoms with E-state index in [2.05, 4.69) is 23.1 Å². The first-order valence-corrected chi connectivity index (χ1v) is 6.81. The summed E-state index contributed by atoms with van der Waals surface area (Å²) in [6, 6.07) is 10.1. The predicted octanol–water partition coefficient (Wildman–Crippen LogP) is 2.55. The Kier molecular flexibility index (Phi) is 3.37. The van der Waals surface area contributed by atoms with E-state index in [1.165, 1.54) is 24.6 Å². The van der Waals surface area contributed by atoms with E-state index in [9.17, 15) is 4.79 Å². The SMILES string of the molecule is C=CC(=O)NCc1ccc(-n2ccc(C3CC3)n2)cc1. The molecule has 0 unspecified atom stereocenters. The summed E-state index contributed by atoms with van der Waals surface area (Å²) < 4.78 is 1.90. The number of aromatic nitrogens is 2. The van der Waals surface area contributed by atoms with Gasteiger partial charge in [0.05, 0.1) is 11.4 Å². The molecule has 0 aliphatic heterocycles. The van der Waals surface area contributed by atoms with Crippen molar-refractivity contribution in [2.24, 2.45) is 0 Å². The van der Waals surface area contributed by atoms with Crippen LogP contribution in [0.2, 0.25) is 0 Å². The highest BCUT2D eigenvalue weighted by Crippen LogP contribution is 2.38. The minimum Gasteiger partial charge on any atom is -0.348 e. The molecule has 0 bridgehead atoms. The summed E-state index contributed by atoms with van der Waals surface area (Å²) in [6.45, 7) is 3.94. The lowest BCUT2D eigenvalue weighted by molar-refractivity contribution is -0.116. The van der Waals surface area contributed by atoms with Crippen LogP contribution in [-0.4, -0.2) is 15.7 Å². The van der Waals surface area contributed by atoms with Gasteiger partial charge in [0.2, 0.25) is 5.91 Å².